The molecule has 0 N–H and O–H groups in total. The van der Waals surface area contributed by atoms with Crippen molar-refractivity contribution < 1.29 is 39.9 Å². The number of fused-ring (bicyclic) bond motifs is 1. The van der Waals surface area contributed by atoms with E-state index in [0.717, 1.165) is 42.3 Å². The third-order valence-corrected chi connectivity index (χ3v) is 5.45. The fraction of sp³-hybridized carbons (Fsp3) is 0.154. The third-order valence-electron chi connectivity index (χ3n) is 5.45. The summed E-state index contributed by atoms with van der Waals surface area (Å²) in [5.41, 5.74) is -0.978. The van der Waals surface area contributed by atoms with Gasteiger partial charge in [-0.3, -0.25) is 0 Å². The first-order valence-corrected chi connectivity index (χ1v) is 10.4. The lowest BCUT2D eigenvalue weighted by Crippen LogP contribution is -2.22. The minimum atomic E-state index is -3.99. The van der Waals surface area contributed by atoms with Crippen LogP contribution < -0.4 is 4.74 Å². The Morgan fingerprint density at radius 3 is 1.94 bits per heavy atom. The Balaban J connectivity index is 1.75. The molecular formula is C26H16F8O. The van der Waals surface area contributed by atoms with Gasteiger partial charge in [0, 0.05) is 5.56 Å². The summed E-state index contributed by atoms with van der Waals surface area (Å²) in [5.74, 6) is -11.2. The molecule has 0 atom stereocenters. The molecule has 4 aromatic rings. The van der Waals surface area contributed by atoms with E-state index in [4.69, 9.17) is 0 Å². The summed E-state index contributed by atoms with van der Waals surface area (Å²) in [6.45, 7) is 1.93. The lowest BCUT2D eigenvalue weighted by Gasteiger charge is -2.20. The normalized spacial score (nSPS) is 11.8. The standard InChI is InChI=1S/C26H16F8O/c1-2-3-13-4-7-16(8-5-13)26(33,34)35-20-9-6-14-10-17(22(29)25(32)21(14)24(20)31)15-11-18(27)23(30)19(28)12-15/h4-12H,2-3H2,1H3. The second-order valence-corrected chi connectivity index (χ2v) is 7.85. The van der Waals surface area contributed by atoms with Gasteiger partial charge >= 0.3 is 6.11 Å². The number of hydrogen-bond acceptors (Lipinski definition) is 1. The molecule has 4 rings (SSSR count). The Morgan fingerprint density at radius 2 is 1.34 bits per heavy atom. The van der Waals surface area contributed by atoms with Crippen LogP contribution >= 0.6 is 0 Å². The van der Waals surface area contributed by atoms with Crippen LogP contribution in [0.5, 0.6) is 5.75 Å². The number of benzene rings is 4. The topological polar surface area (TPSA) is 9.23 Å². The fourth-order valence-corrected chi connectivity index (χ4v) is 3.71. The molecule has 0 aliphatic heterocycles. The highest BCUT2D eigenvalue weighted by atomic mass is 19.3. The predicted octanol–water partition coefficient (Wildman–Crippen LogP) is 8.42. The first-order chi connectivity index (χ1) is 16.5. The molecular weight excluding hydrogens is 480 g/mol. The first-order valence-electron chi connectivity index (χ1n) is 10.4. The molecule has 0 aliphatic carbocycles. The van der Waals surface area contributed by atoms with E-state index in [1.54, 1.807) is 0 Å². The summed E-state index contributed by atoms with van der Waals surface area (Å²) in [4.78, 5) is 0. The van der Waals surface area contributed by atoms with Gasteiger partial charge in [-0.25, -0.2) is 26.3 Å². The lowest BCUT2D eigenvalue weighted by molar-refractivity contribution is -0.186. The molecule has 182 valence electrons. The molecule has 0 saturated heterocycles. The number of rotatable bonds is 6. The predicted molar refractivity (Wildman–Crippen MR) is 114 cm³/mol. The zero-order chi connectivity index (χ0) is 25.5. The van der Waals surface area contributed by atoms with E-state index in [9.17, 15) is 30.7 Å². The number of alkyl halides is 2. The highest BCUT2D eigenvalue weighted by molar-refractivity contribution is 5.90. The number of hydrogen-bond donors (Lipinski definition) is 0. The molecule has 35 heavy (non-hydrogen) atoms. The molecule has 0 amide bonds. The maximum atomic E-state index is 15.0. The Morgan fingerprint density at radius 1 is 0.714 bits per heavy atom. The molecule has 1 nitrogen and oxygen atoms in total. The van der Waals surface area contributed by atoms with Gasteiger partial charge in [0.25, 0.3) is 0 Å². The average Bonchev–Trinajstić information content (AvgIpc) is 2.81. The molecule has 0 fully saturated rings. The molecule has 0 spiro atoms. The molecule has 0 unspecified atom stereocenters. The van der Waals surface area contributed by atoms with E-state index in [2.05, 4.69) is 4.74 Å². The minimum absolute atomic E-state index is 0.305. The van der Waals surface area contributed by atoms with Crippen molar-refractivity contribution in [3.05, 3.63) is 101 Å². The minimum Gasteiger partial charge on any atom is -0.426 e. The van der Waals surface area contributed by atoms with Gasteiger partial charge in [-0.1, -0.05) is 31.5 Å². The van der Waals surface area contributed by atoms with Gasteiger partial charge in [0.1, 0.15) is 0 Å². The van der Waals surface area contributed by atoms with Crippen LogP contribution in [0.25, 0.3) is 21.9 Å². The molecule has 0 aliphatic rings. The van der Waals surface area contributed by atoms with Crippen LogP contribution in [0.1, 0.15) is 24.5 Å². The van der Waals surface area contributed by atoms with Crippen LogP contribution in [-0.2, 0) is 12.5 Å². The Kier molecular flexibility index (Phi) is 6.44. The van der Waals surface area contributed by atoms with Crippen molar-refractivity contribution in [2.24, 2.45) is 0 Å². The molecule has 0 radical (unpaired) electrons. The van der Waals surface area contributed by atoms with Crippen molar-refractivity contribution in [2.75, 3.05) is 0 Å². The van der Waals surface area contributed by atoms with Crippen LogP contribution in [0.15, 0.2) is 54.6 Å². The number of aryl methyl sites for hydroxylation is 1. The molecule has 4 aromatic carbocycles. The van der Waals surface area contributed by atoms with Crippen LogP contribution in [0, 0.1) is 34.9 Å². The zero-order valence-corrected chi connectivity index (χ0v) is 18.0. The average molecular weight is 496 g/mol. The molecule has 0 aromatic heterocycles. The Bertz CT molecular complexity index is 1390. The van der Waals surface area contributed by atoms with E-state index >= 15 is 4.39 Å². The second-order valence-electron chi connectivity index (χ2n) is 7.85. The SMILES string of the molecule is CCCc1ccc(C(F)(F)Oc2ccc3cc(-c4cc(F)c(F)c(F)c4)c(F)c(F)c3c2F)cc1. The van der Waals surface area contributed by atoms with Crippen LogP contribution in [-0.4, -0.2) is 0 Å². The van der Waals surface area contributed by atoms with Gasteiger partial charge in [0.05, 0.1) is 10.9 Å². The van der Waals surface area contributed by atoms with Gasteiger partial charge < -0.3 is 4.74 Å². The van der Waals surface area contributed by atoms with Gasteiger partial charge in [0.2, 0.25) is 0 Å². The van der Waals surface area contributed by atoms with E-state index in [0.29, 0.717) is 18.6 Å². The first kappa shape index (κ1) is 24.5. The Labute approximate surface area is 194 Å². The van der Waals surface area contributed by atoms with Crippen molar-refractivity contribution in [2.45, 2.75) is 25.9 Å². The van der Waals surface area contributed by atoms with E-state index in [-0.39, 0.29) is 5.39 Å². The fourth-order valence-electron chi connectivity index (χ4n) is 3.71. The summed E-state index contributed by atoms with van der Waals surface area (Å²) in [5, 5.41) is -1.30. The smallest absolute Gasteiger partial charge is 0.426 e. The van der Waals surface area contributed by atoms with Crippen LogP contribution in [0.4, 0.5) is 35.1 Å². The van der Waals surface area contributed by atoms with Crippen molar-refractivity contribution in [3.63, 3.8) is 0 Å². The van der Waals surface area contributed by atoms with Crippen molar-refractivity contribution >= 4 is 10.8 Å². The highest BCUT2D eigenvalue weighted by Crippen LogP contribution is 2.39. The summed E-state index contributed by atoms with van der Waals surface area (Å²) >= 11 is 0. The molecule has 0 saturated carbocycles. The Hall–Kier alpha value is -3.62. The largest absolute Gasteiger partial charge is 0.426 e. The molecule has 0 bridgehead atoms. The van der Waals surface area contributed by atoms with Gasteiger partial charge in [-0.15, -0.1) is 0 Å². The molecule has 9 heteroatoms. The quantitative estimate of drug-likeness (QED) is 0.192. The highest BCUT2D eigenvalue weighted by Gasteiger charge is 2.36. The van der Waals surface area contributed by atoms with E-state index in [1.807, 2.05) is 6.92 Å². The van der Waals surface area contributed by atoms with Crippen LogP contribution in [0.2, 0.25) is 0 Å². The van der Waals surface area contributed by atoms with E-state index in [1.165, 1.54) is 12.1 Å². The van der Waals surface area contributed by atoms with Gasteiger partial charge in [0.15, 0.2) is 40.7 Å². The number of ether oxygens (including phenoxy) is 1. The van der Waals surface area contributed by atoms with Gasteiger partial charge in [-0.2, -0.15) is 8.78 Å². The summed E-state index contributed by atoms with van der Waals surface area (Å²) < 4.78 is 119. The maximum Gasteiger partial charge on any atom is 0.426 e. The molecule has 0 heterocycles. The lowest BCUT2D eigenvalue weighted by atomic mass is 9.99. The van der Waals surface area contributed by atoms with Crippen molar-refractivity contribution in [1.29, 1.82) is 0 Å². The van der Waals surface area contributed by atoms with Crippen molar-refractivity contribution in [3.8, 4) is 16.9 Å². The van der Waals surface area contributed by atoms with Crippen molar-refractivity contribution in [1.82, 2.24) is 0 Å². The second kappa shape index (κ2) is 9.20. The number of halogens is 8. The third kappa shape index (κ3) is 4.54. The maximum absolute atomic E-state index is 15.0. The summed E-state index contributed by atoms with van der Waals surface area (Å²) in [6, 6.07) is 8.73. The van der Waals surface area contributed by atoms with Gasteiger partial charge in [-0.05, 0) is 59.3 Å². The summed E-state index contributed by atoms with van der Waals surface area (Å²) in [7, 11) is 0. The summed E-state index contributed by atoms with van der Waals surface area (Å²) in [6.07, 6.45) is -2.50. The monoisotopic (exact) mass is 496 g/mol. The zero-order valence-electron chi connectivity index (χ0n) is 18.0. The van der Waals surface area contributed by atoms with E-state index < -0.39 is 68.8 Å². The van der Waals surface area contributed by atoms with Crippen LogP contribution in [0.3, 0.4) is 0 Å².